The first-order valence-corrected chi connectivity index (χ1v) is 11.3. The predicted octanol–water partition coefficient (Wildman–Crippen LogP) is 5.94. The van der Waals surface area contributed by atoms with Crippen LogP contribution in [0.15, 0.2) is 96.1 Å². The van der Waals surface area contributed by atoms with Gasteiger partial charge in [0, 0.05) is 35.2 Å². The number of benzene rings is 3. The van der Waals surface area contributed by atoms with Crippen LogP contribution >= 0.6 is 0 Å². The van der Waals surface area contributed by atoms with Crippen molar-refractivity contribution >= 4 is 28.9 Å². The summed E-state index contributed by atoms with van der Waals surface area (Å²) in [5, 5.41) is 6.86. The molecule has 6 rings (SSSR count). The van der Waals surface area contributed by atoms with Crippen molar-refractivity contribution in [3.8, 4) is 11.3 Å². The highest BCUT2D eigenvalue weighted by Gasteiger charge is 2.17. The zero-order valence-corrected chi connectivity index (χ0v) is 18.3. The monoisotopic (exact) mass is 428 g/mol. The smallest absolute Gasteiger partial charge is 0.128 e. The van der Waals surface area contributed by atoms with Gasteiger partial charge in [0.2, 0.25) is 0 Å². The van der Waals surface area contributed by atoms with Gasteiger partial charge in [-0.05, 0) is 71.1 Å². The van der Waals surface area contributed by atoms with Crippen LogP contribution in [0.25, 0.3) is 22.9 Å². The minimum Gasteiger partial charge on any atom is -0.368 e. The van der Waals surface area contributed by atoms with E-state index in [0.29, 0.717) is 0 Å². The highest BCUT2D eigenvalue weighted by molar-refractivity contribution is 6.01. The summed E-state index contributed by atoms with van der Waals surface area (Å²) in [7, 11) is 0. The standard InChI is InChI=1S/C29H24N4/c1-2-14-30-28(3-1)21-8-12-27(13-9-21)33-26-10-6-20(7-11-26)24-17-22-4-5-23(18-25(22)19-24)29-31-15-16-32-29/h1-14,17-18,33H,15-16,19H2,(H,31,32). The summed E-state index contributed by atoms with van der Waals surface area (Å²) < 4.78 is 0. The molecule has 2 N–H and O–H groups in total. The lowest BCUT2D eigenvalue weighted by molar-refractivity contribution is 0.960. The van der Waals surface area contributed by atoms with Crippen LogP contribution in [0.2, 0.25) is 0 Å². The van der Waals surface area contributed by atoms with Crippen molar-refractivity contribution in [1.82, 2.24) is 10.3 Å². The second-order valence-electron chi connectivity index (χ2n) is 8.41. The molecule has 1 aromatic heterocycles. The quantitative estimate of drug-likeness (QED) is 0.414. The van der Waals surface area contributed by atoms with Gasteiger partial charge in [-0.15, -0.1) is 0 Å². The summed E-state index contributed by atoms with van der Waals surface area (Å²) in [4.78, 5) is 8.97. The Labute approximate surface area is 193 Å². The first-order chi connectivity index (χ1) is 16.3. The van der Waals surface area contributed by atoms with E-state index in [9.17, 15) is 0 Å². The van der Waals surface area contributed by atoms with Crippen LogP contribution < -0.4 is 10.6 Å². The highest BCUT2D eigenvalue weighted by Crippen LogP contribution is 2.33. The fourth-order valence-electron chi connectivity index (χ4n) is 4.46. The van der Waals surface area contributed by atoms with E-state index in [4.69, 9.17) is 0 Å². The maximum absolute atomic E-state index is 4.55. The molecule has 0 atom stereocenters. The summed E-state index contributed by atoms with van der Waals surface area (Å²) in [6.45, 7) is 1.80. The van der Waals surface area contributed by atoms with Gasteiger partial charge in [-0.3, -0.25) is 9.98 Å². The largest absolute Gasteiger partial charge is 0.368 e. The molecule has 0 bridgehead atoms. The van der Waals surface area contributed by atoms with Crippen LogP contribution in [-0.4, -0.2) is 23.9 Å². The molecule has 4 heteroatoms. The number of aliphatic imine (C=N–C) groups is 1. The van der Waals surface area contributed by atoms with Gasteiger partial charge in [0.05, 0.1) is 12.2 Å². The second-order valence-corrected chi connectivity index (χ2v) is 8.41. The maximum Gasteiger partial charge on any atom is 0.128 e. The van der Waals surface area contributed by atoms with Gasteiger partial charge in [0.25, 0.3) is 0 Å². The number of hydrogen-bond donors (Lipinski definition) is 2. The zero-order chi connectivity index (χ0) is 22.0. The molecule has 0 unspecified atom stereocenters. The lowest BCUT2D eigenvalue weighted by Gasteiger charge is -2.09. The van der Waals surface area contributed by atoms with E-state index >= 15 is 0 Å². The van der Waals surface area contributed by atoms with Crippen LogP contribution in [0, 0.1) is 0 Å². The Morgan fingerprint density at radius 3 is 2.21 bits per heavy atom. The van der Waals surface area contributed by atoms with E-state index < -0.39 is 0 Å². The average Bonchev–Trinajstić information content (AvgIpc) is 3.55. The Kier molecular flexibility index (Phi) is 4.96. The van der Waals surface area contributed by atoms with Crippen molar-refractivity contribution in [2.24, 2.45) is 4.99 Å². The molecule has 0 amide bonds. The maximum atomic E-state index is 4.55. The normalized spacial score (nSPS) is 14.3. The molecule has 1 aliphatic heterocycles. The molecule has 33 heavy (non-hydrogen) atoms. The first-order valence-electron chi connectivity index (χ1n) is 11.3. The Hall–Kier alpha value is -4.18. The molecule has 2 heterocycles. The number of nitrogens with one attached hydrogen (secondary N) is 2. The number of pyridine rings is 1. The molecule has 0 saturated heterocycles. The highest BCUT2D eigenvalue weighted by atomic mass is 15.1. The van der Waals surface area contributed by atoms with Crippen LogP contribution in [0.4, 0.5) is 11.4 Å². The van der Waals surface area contributed by atoms with Crippen LogP contribution in [0.3, 0.4) is 0 Å². The molecular formula is C29H24N4. The third-order valence-electron chi connectivity index (χ3n) is 6.19. The van der Waals surface area contributed by atoms with Crippen molar-refractivity contribution in [3.63, 3.8) is 0 Å². The lowest BCUT2D eigenvalue weighted by atomic mass is 10.0. The number of nitrogens with zero attached hydrogens (tertiary/aromatic N) is 2. The third-order valence-corrected chi connectivity index (χ3v) is 6.19. The summed E-state index contributed by atoms with van der Waals surface area (Å²) in [6, 6.07) is 29.7. The predicted molar refractivity (Wildman–Crippen MR) is 137 cm³/mol. The summed E-state index contributed by atoms with van der Waals surface area (Å²) in [6.07, 6.45) is 5.09. The molecule has 4 nitrogen and oxygen atoms in total. The Morgan fingerprint density at radius 1 is 0.758 bits per heavy atom. The molecule has 4 aromatic rings. The van der Waals surface area contributed by atoms with E-state index in [1.807, 2.05) is 24.4 Å². The molecule has 0 saturated carbocycles. The molecule has 0 radical (unpaired) electrons. The summed E-state index contributed by atoms with van der Waals surface area (Å²) in [5.41, 5.74) is 10.7. The van der Waals surface area contributed by atoms with E-state index in [2.05, 4.69) is 93.4 Å². The Morgan fingerprint density at radius 2 is 1.52 bits per heavy atom. The van der Waals surface area contributed by atoms with E-state index in [-0.39, 0.29) is 0 Å². The number of aromatic nitrogens is 1. The Balaban J connectivity index is 1.14. The van der Waals surface area contributed by atoms with Crippen LogP contribution in [-0.2, 0) is 6.42 Å². The van der Waals surface area contributed by atoms with E-state index in [1.54, 1.807) is 0 Å². The van der Waals surface area contributed by atoms with Gasteiger partial charge in [0.1, 0.15) is 5.84 Å². The van der Waals surface area contributed by atoms with Crippen LogP contribution in [0.1, 0.15) is 22.3 Å². The van der Waals surface area contributed by atoms with Crippen LogP contribution in [0.5, 0.6) is 0 Å². The zero-order valence-electron chi connectivity index (χ0n) is 18.3. The second kappa shape index (κ2) is 8.40. The van der Waals surface area contributed by atoms with Crippen molar-refractivity contribution in [2.75, 3.05) is 18.4 Å². The van der Waals surface area contributed by atoms with E-state index in [1.165, 1.54) is 27.8 Å². The molecule has 0 spiro atoms. The topological polar surface area (TPSA) is 49.3 Å². The van der Waals surface area contributed by atoms with Gasteiger partial charge in [-0.2, -0.15) is 0 Å². The van der Waals surface area contributed by atoms with Gasteiger partial charge in [0.15, 0.2) is 0 Å². The number of allylic oxidation sites excluding steroid dienone is 1. The van der Waals surface area contributed by atoms with Crippen molar-refractivity contribution in [1.29, 1.82) is 0 Å². The fourth-order valence-corrected chi connectivity index (χ4v) is 4.46. The molecule has 3 aromatic carbocycles. The molecule has 160 valence electrons. The number of fused-ring (bicyclic) bond motifs is 1. The molecule has 2 aliphatic rings. The SMILES string of the molecule is C1=C(c2ccc(Nc3ccc(-c4ccccn4)cc3)cc2)Cc2cc(C3=NCCN3)ccc21. The van der Waals surface area contributed by atoms with Gasteiger partial charge in [-0.1, -0.05) is 48.5 Å². The average molecular weight is 429 g/mol. The third kappa shape index (κ3) is 4.03. The van der Waals surface area contributed by atoms with Crippen molar-refractivity contribution < 1.29 is 0 Å². The van der Waals surface area contributed by atoms with Crippen molar-refractivity contribution in [2.45, 2.75) is 6.42 Å². The summed E-state index contributed by atoms with van der Waals surface area (Å²) >= 11 is 0. The van der Waals surface area contributed by atoms with E-state index in [0.717, 1.165) is 48.0 Å². The van der Waals surface area contributed by atoms with Gasteiger partial charge in [-0.25, -0.2) is 0 Å². The first kappa shape index (κ1) is 19.5. The molecular weight excluding hydrogens is 404 g/mol. The Bertz CT molecular complexity index is 1350. The minimum atomic E-state index is 0.866. The molecule has 0 fully saturated rings. The van der Waals surface area contributed by atoms with Gasteiger partial charge < -0.3 is 10.6 Å². The number of amidine groups is 1. The number of hydrogen-bond acceptors (Lipinski definition) is 4. The molecule has 1 aliphatic carbocycles. The minimum absolute atomic E-state index is 0.866. The fraction of sp³-hybridized carbons (Fsp3) is 0.103. The number of rotatable bonds is 5. The lowest BCUT2D eigenvalue weighted by Crippen LogP contribution is -2.19. The van der Waals surface area contributed by atoms with Gasteiger partial charge >= 0.3 is 0 Å². The number of anilines is 2. The summed E-state index contributed by atoms with van der Waals surface area (Å²) in [5.74, 6) is 1.02. The van der Waals surface area contributed by atoms with Crippen molar-refractivity contribution in [3.05, 3.63) is 113 Å².